The summed E-state index contributed by atoms with van der Waals surface area (Å²) in [4.78, 5) is 10.1. The molecular weight excluding hydrogens is 301 g/mol. The van der Waals surface area contributed by atoms with Gasteiger partial charge in [0.05, 0.1) is 11.5 Å². The number of hydrogen-bond donors (Lipinski definition) is 1. The first-order chi connectivity index (χ1) is 10.0. The highest BCUT2D eigenvalue weighted by Gasteiger charge is 2.12. The number of rotatable bonds is 5. The zero-order valence-corrected chi connectivity index (χ0v) is 11.5. The third kappa shape index (κ3) is 3.68. The van der Waals surface area contributed by atoms with Crippen LogP contribution in [0.4, 0.5) is 10.1 Å². The van der Waals surface area contributed by atoms with Gasteiger partial charge in [-0.05, 0) is 18.2 Å². The van der Waals surface area contributed by atoms with Gasteiger partial charge < -0.3 is 9.84 Å². The molecule has 0 fully saturated rings. The molecule has 110 valence electrons. The van der Waals surface area contributed by atoms with Crippen molar-refractivity contribution in [3.8, 4) is 5.75 Å². The number of aliphatic hydroxyl groups is 1. The number of ether oxygens (including phenoxy) is 1. The zero-order valence-electron chi connectivity index (χ0n) is 10.8. The van der Waals surface area contributed by atoms with Gasteiger partial charge >= 0.3 is 0 Å². The number of halogens is 2. The maximum Gasteiger partial charge on any atom is 0.270 e. The number of benzene rings is 2. The monoisotopic (exact) mass is 311 g/mol. The molecule has 5 nitrogen and oxygen atoms in total. The molecule has 1 N–H and O–H groups in total. The SMILES string of the molecule is O=[N+]([O-])c1ccc(OCc2ccc(Cl)cc2F)c(CO)c1. The van der Waals surface area contributed by atoms with Crippen molar-refractivity contribution in [1.82, 2.24) is 0 Å². The summed E-state index contributed by atoms with van der Waals surface area (Å²) in [6.45, 7) is -0.492. The molecule has 2 rings (SSSR count). The predicted octanol–water partition coefficient (Wildman–Crippen LogP) is 3.46. The summed E-state index contributed by atoms with van der Waals surface area (Å²) in [5.74, 6) is -0.243. The van der Waals surface area contributed by atoms with Crippen LogP contribution in [0, 0.1) is 15.9 Å². The molecule has 0 spiro atoms. The van der Waals surface area contributed by atoms with Crippen LogP contribution >= 0.6 is 11.6 Å². The lowest BCUT2D eigenvalue weighted by Gasteiger charge is -2.10. The number of aliphatic hydroxyl groups excluding tert-OH is 1. The highest BCUT2D eigenvalue weighted by Crippen LogP contribution is 2.25. The lowest BCUT2D eigenvalue weighted by molar-refractivity contribution is -0.385. The van der Waals surface area contributed by atoms with Gasteiger partial charge in [0.15, 0.2) is 0 Å². The molecule has 0 aliphatic rings. The van der Waals surface area contributed by atoms with E-state index in [4.69, 9.17) is 16.3 Å². The summed E-state index contributed by atoms with van der Waals surface area (Å²) in [7, 11) is 0. The summed E-state index contributed by atoms with van der Waals surface area (Å²) >= 11 is 5.65. The van der Waals surface area contributed by atoms with E-state index in [0.717, 1.165) is 0 Å². The second kappa shape index (κ2) is 6.51. The van der Waals surface area contributed by atoms with Gasteiger partial charge in [0.25, 0.3) is 5.69 Å². The molecule has 0 aliphatic heterocycles. The van der Waals surface area contributed by atoms with Gasteiger partial charge in [-0.15, -0.1) is 0 Å². The van der Waals surface area contributed by atoms with Crippen molar-refractivity contribution < 1.29 is 19.2 Å². The minimum atomic E-state index is -0.568. The molecule has 0 amide bonds. The zero-order chi connectivity index (χ0) is 15.4. The first-order valence-electron chi connectivity index (χ1n) is 5.96. The average Bonchev–Trinajstić information content (AvgIpc) is 2.46. The molecular formula is C14H11ClFNO4. The fourth-order valence-corrected chi connectivity index (χ4v) is 1.90. The number of hydrogen-bond acceptors (Lipinski definition) is 4. The Bertz CT molecular complexity index is 678. The normalized spacial score (nSPS) is 10.4. The van der Waals surface area contributed by atoms with Crippen LogP contribution in [0.3, 0.4) is 0 Å². The van der Waals surface area contributed by atoms with E-state index in [0.29, 0.717) is 5.56 Å². The largest absolute Gasteiger partial charge is 0.488 e. The van der Waals surface area contributed by atoms with E-state index >= 15 is 0 Å². The molecule has 0 aliphatic carbocycles. The second-order valence-electron chi connectivity index (χ2n) is 4.23. The maximum absolute atomic E-state index is 13.6. The molecule has 21 heavy (non-hydrogen) atoms. The van der Waals surface area contributed by atoms with Crippen molar-refractivity contribution in [3.63, 3.8) is 0 Å². The fourth-order valence-electron chi connectivity index (χ4n) is 1.74. The van der Waals surface area contributed by atoms with Crippen molar-refractivity contribution >= 4 is 17.3 Å². The van der Waals surface area contributed by atoms with Gasteiger partial charge in [0.1, 0.15) is 18.2 Å². The summed E-state index contributed by atoms with van der Waals surface area (Å²) in [6.07, 6.45) is 0. The number of nitro groups is 1. The van der Waals surface area contributed by atoms with Crippen molar-refractivity contribution in [2.75, 3.05) is 0 Å². The Morgan fingerprint density at radius 1 is 1.24 bits per heavy atom. The van der Waals surface area contributed by atoms with E-state index in [9.17, 15) is 19.6 Å². The molecule has 2 aromatic carbocycles. The van der Waals surface area contributed by atoms with Crippen LogP contribution in [0.5, 0.6) is 5.75 Å². The van der Waals surface area contributed by atoms with E-state index in [2.05, 4.69) is 0 Å². The molecule has 2 aromatic rings. The number of nitro benzene ring substituents is 1. The quantitative estimate of drug-likeness (QED) is 0.678. The van der Waals surface area contributed by atoms with Gasteiger partial charge in [-0.2, -0.15) is 0 Å². The maximum atomic E-state index is 13.6. The highest BCUT2D eigenvalue weighted by molar-refractivity contribution is 6.30. The smallest absolute Gasteiger partial charge is 0.270 e. The third-order valence-corrected chi connectivity index (χ3v) is 3.06. The van der Waals surface area contributed by atoms with Crippen LogP contribution in [-0.4, -0.2) is 10.0 Å². The molecule has 0 bridgehead atoms. The van der Waals surface area contributed by atoms with Gasteiger partial charge in [-0.25, -0.2) is 4.39 Å². The first-order valence-corrected chi connectivity index (χ1v) is 6.34. The van der Waals surface area contributed by atoms with E-state index in [1.165, 1.54) is 36.4 Å². The number of non-ortho nitro benzene ring substituents is 1. The molecule has 7 heteroatoms. The standard InChI is InChI=1S/C14H11ClFNO4/c15-11-2-1-9(13(16)6-11)8-21-14-4-3-12(17(19)20)5-10(14)7-18/h1-6,18H,7-8H2. The topological polar surface area (TPSA) is 72.6 Å². The Morgan fingerprint density at radius 3 is 2.62 bits per heavy atom. The minimum Gasteiger partial charge on any atom is -0.488 e. The fraction of sp³-hybridized carbons (Fsp3) is 0.143. The summed E-state index contributed by atoms with van der Waals surface area (Å²) in [6, 6.07) is 8.04. The number of nitrogens with zero attached hydrogens (tertiary/aromatic N) is 1. The van der Waals surface area contributed by atoms with Crippen LogP contribution in [0.25, 0.3) is 0 Å². The molecule has 0 saturated carbocycles. The molecule has 0 aromatic heterocycles. The van der Waals surface area contributed by atoms with Gasteiger partial charge in [0.2, 0.25) is 0 Å². The Labute approximate surface area is 124 Å². The average molecular weight is 312 g/mol. The van der Waals surface area contributed by atoms with Crippen LogP contribution < -0.4 is 4.74 Å². The van der Waals surface area contributed by atoms with Crippen LogP contribution in [0.2, 0.25) is 5.02 Å². The van der Waals surface area contributed by atoms with E-state index in [1.807, 2.05) is 0 Å². The van der Waals surface area contributed by atoms with Crippen molar-refractivity contribution in [2.45, 2.75) is 13.2 Å². The summed E-state index contributed by atoms with van der Waals surface area (Å²) in [5, 5.41) is 20.2. The Balaban J connectivity index is 2.17. The Morgan fingerprint density at radius 2 is 2.00 bits per heavy atom. The van der Waals surface area contributed by atoms with Crippen molar-refractivity contribution in [3.05, 3.63) is 68.5 Å². The van der Waals surface area contributed by atoms with Crippen molar-refractivity contribution in [1.29, 1.82) is 0 Å². The Hall–Kier alpha value is -2.18. The lowest BCUT2D eigenvalue weighted by atomic mass is 10.2. The first kappa shape index (κ1) is 15.2. The lowest BCUT2D eigenvalue weighted by Crippen LogP contribution is -2.01. The molecule has 0 radical (unpaired) electrons. The van der Waals surface area contributed by atoms with Gasteiger partial charge in [-0.1, -0.05) is 17.7 Å². The minimum absolute atomic E-state index is 0.0756. The second-order valence-corrected chi connectivity index (χ2v) is 4.67. The van der Waals surface area contributed by atoms with Crippen LogP contribution in [0.1, 0.15) is 11.1 Å². The highest BCUT2D eigenvalue weighted by atomic mass is 35.5. The Kier molecular flexibility index (Phi) is 4.72. The molecule has 0 saturated heterocycles. The summed E-state index contributed by atoms with van der Waals surface area (Å²) < 4.78 is 19.0. The third-order valence-electron chi connectivity index (χ3n) is 2.82. The van der Waals surface area contributed by atoms with Crippen LogP contribution in [0.15, 0.2) is 36.4 Å². The van der Waals surface area contributed by atoms with E-state index in [-0.39, 0.29) is 28.6 Å². The predicted molar refractivity (Wildman–Crippen MR) is 74.8 cm³/mol. The van der Waals surface area contributed by atoms with E-state index < -0.39 is 17.3 Å². The van der Waals surface area contributed by atoms with Crippen molar-refractivity contribution in [2.24, 2.45) is 0 Å². The molecule has 0 atom stereocenters. The summed E-state index contributed by atoms with van der Waals surface area (Å²) in [5.41, 5.74) is 0.407. The molecule has 0 unspecified atom stereocenters. The van der Waals surface area contributed by atoms with Gasteiger partial charge in [-0.3, -0.25) is 10.1 Å². The van der Waals surface area contributed by atoms with Gasteiger partial charge in [0, 0.05) is 28.3 Å². The molecule has 0 heterocycles. The van der Waals surface area contributed by atoms with Crippen LogP contribution in [-0.2, 0) is 13.2 Å². The van der Waals surface area contributed by atoms with E-state index in [1.54, 1.807) is 0 Å².